The first kappa shape index (κ1) is 29.4. The topological polar surface area (TPSA) is 122 Å². The van der Waals surface area contributed by atoms with Crippen molar-refractivity contribution in [1.29, 1.82) is 0 Å². The highest BCUT2D eigenvalue weighted by atomic mass is 35.5. The van der Waals surface area contributed by atoms with E-state index < -0.39 is 11.8 Å². The van der Waals surface area contributed by atoms with Gasteiger partial charge in [-0.1, -0.05) is 23.7 Å². The van der Waals surface area contributed by atoms with Crippen LogP contribution in [0.25, 0.3) is 0 Å². The standard InChI is InChI=1S/C30H30ClN5O5/c1-32-29(38)28(30(39)35-24-11-14-40-15-12-24)18-36(17-21-2-4-22(31)5-3-21)20-34-23-6-8-26(9-7-23)41-27-10-13-33-25(16-27)19-37/h2-10,13,16,18-19,24,34H,1,11-12,14-15,17,20H2,(H,35,39)/b28-18+. The minimum atomic E-state index is -0.717. The molecule has 0 radical (unpaired) electrons. The summed E-state index contributed by atoms with van der Waals surface area (Å²) in [5, 5.41) is 6.83. The average Bonchev–Trinajstić information content (AvgIpc) is 3.00. The largest absolute Gasteiger partial charge is 0.457 e. The Hall–Kier alpha value is -4.54. The minimum absolute atomic E-state index is 0.0852. The Kier molecular flexibility index (Phi) is 10.6. The van der Waals surface area contributed by atoms with E-state index >= 15 is 0 Å². The first-order valence-electron chi connectivity index (χ1n) is 13.0. The van der Waals surface area contributed by atoms with Crippen molar-refractivity contribution < 1.29 is 23.9 Å². The molecule has 0 saturated carbocycles. The number of ether oxygens (including phenoxy) is 2. The predicted molar refractivity (Wildman–Crippen MR) is 156 cm³/mol. The molecule has 0 unspecified atom stereocenters. The van der Waals surface area contributed by atoms with E-state index in [1.165, 1.54) is 12.4 Å². The molecule has 2 amide bonds. The van der Waals surface area contributed by atoms with Gasteiger partial charge in [-0.25, -0.2) is 4.99 Å². The Bertz CT molecular complexity index is 1390. The van der Waals surface area contributed by atoms with Gasteiger partial charge >= 0.3 is 0 Å². The average molecular weight is 576 g/mol. The van der Waals surface area contributed by atoms with E-state index in [1.54, 1.807) is 41.3 Å². The lowest BCUT2D eigenvalue weighted by molar-refractivity contribution is -0.123. The number of aliphatic imine (C=N–C) groups is 1. The van der Waals surface area contributed by atoms with E-state index in [-0.39, 0.29) is 24.0 Å². The lowest BCUT2D eigenvalue weighted by Crippen LogP contribution is -2.41. The number of hydrogen-bond acceptors (Lipinski definition) is 8. The van der Waals surface area contributed by atoms with Crippen molar-refractivity contribution in [2.45, 2.75) is 25.4 Å². The van der Waals surface area contributed by atoms with E-state index in [0.29, 0.717) is 55.4 Å². The molecule has 1 aliphatic rings. The maximum atomic E-state index is 13.1. The van der Waals surface area contributed by atoms with E-state index in [0.717, 1.165) is 11.3 Å². The molecule has 0 aliphatic carbocycles. The van der Waals surface area contributed by atoms with Crippen molar-refractivity contribution in [3.63, 3.8) is 0 Å². The number of carbonyl (C=O) groups is 3. The number of nitrogens with one attached hydrogen (secondary N) is 2. The van der Waals surface area contributed by atoms with Crippen LogP contribution in [-0.2, 0) is 20.9 Å². The maximum absolute atomic E-state index is 13.1. The number of hydrogen-bond donors (Lipinski definition) is 2. The van der Waals surface area contributed by atoms with E-state index in [2.05, 4.69) is 27.3 Å². The second-order valence-corrected chi connectivity index (χ2v) is 9.67. The van der Waals surface area contributed by atoms with Gasteiger partial charge < -0.3 is 25.0 Å². The number of anilines is 1. The van der Waals surface area contributed by atoms with Crippen LogP contribution in [0.1, 0.15) is 28.9 Å². The van der Waals surface area contributed by atoms with E-state index in [1.807, 2.05) is 24.3 Å². The Morgan fingerprint density at radius 3 is 2.51 bits per heavy atom. The highest BCUT2D eigenvalue weighted by Gasteiger charge is 2.23. The molecule has 4 rings (SSSR count). The number of amides is 2. The summed E-state index contributed by atoms with van der Waals surface area (Å²) in [6.45, 7) is 5.07. The molecular formula is C30H30ClN5O5. The minimum Gasteiger partial charge on any atom is -0.457 e. The molecule has 41 heavy (non-hydrogen) atoms. The van der Waals surface area contributed by atoms with Crippen molar-refractivity contribution >= 4 is 42.1 Å². The van der Waals surface area contributed by atoms with Crippen molar-refractivity contribution in [3.8, 4) is 11.5 Å². The molecule has 1 aromatic heterocycles. The first-order chi connectivity index (χ1) is 19.9. The highest BCUT2D eigenvalue weighted by molar-refractivity contribution is 6.30. The quantitative estimate of drug-likeness (QED) is 0.0801. The Balaban J connectivity index is 1.49. The van der Waals surface area contributed by atoms with Gasteiger partial charge in [-0.05, 0) is 67.6 Å². The highest BCUT2D eigenvalue weighted by Crippen LogP contribution is 2.23. The summed E-state index contributed by atoms with van der Waals surface area (Å²) in [7, 11) is 0. The molecule has 0 bridgehead atoms. The smallest absolute Gasteiger partial charge is 0.283 e. The zero-order chi connectivity index (χ0) is 29.0. The van der Waals surface area contributed by atoms with Crippen molar-refractivity contribution in [2.75, 3.05) is 25.2 Å². The second-order valence-electron chi connectivity index (χ2n) is 9.24. The van der Waals surface area contributed by atoms with E-state index in [9.17, 15) is 14.4 Å². The summed E-state index contributed by atoms with van der Waals surface area (Å²) in [5.74, 6) is -0.155. The molecular weight excluding hydrogens is 546 g/mol. The van der Waals surface area contributed by atoms with Gasteiger partial charge in [-0.2, -0.15) is 0 Å². The molecule has 2 aromatic carbocycles. The number of nitrogens with zero attached hydrogens (tertiary/aromatic N) is 3. The normalized spacial score (nSPS) is 13.6. The zero-order valence-corrected chi connectivity index (χ0v) is 23.0. The molecule has 0 atom stereocenters. The summed E-state index contributed by atoms with van der Waals surface area (Å²) in [6.07, 6.45) is 5.00. The molecule has 0 spiro atoms. The van der Waals surface area contributed by atoms with Crippen molar-refractivity contribution in [2.24, 2.45) is 4.99 Å². The SMILES string of the molecule is C=NC(=O)/C(=C\N(CNc1ccc(Oc2ccnc(C=O)c2)cc1)Cc1ccc(Cl)cc1)C(=O)NC1CCOCC1. The van der Waals surface area contributed by atoms with Crippen LogP contribution in [0.2, 0.25) is 5.02 Å². The predicted octanol–water partition coefficient (Wildman–Crippen LogP) is 4.62. The number of aldehydes is 1. The summed E-state index contributed by atoms with van der Waals surface area (Å²) < 4.78 is 11.2. The van der Waals surface area contributed by atoms with Crippen molar-refractivity contribution in [1.82, 2.24) is 15.2 Å². The monoisotopic (exact) mass is 575 g/mol. The Labute approximate surface area is 243 Å². The summed E-state index contributed by atoms with van der Waals surface area (Å²) in [4.78, 5) is 46.0. The van der Waals surface area contributed by atoms with Crippen LogP contribution >= 0.6 is 11.6 Å². The summed E-state index contributed by atoms with van der Waals surface area (Å²) >= 11 is 6.05. The van der Waals surface area contributed by atoms with Gasteiger partial charge in [0.25, 0.3) is 11.8 Å². The molecule has 1 saturated heterocycles. The Morgan fingerprint density at radius 2 is 1.83 bits per heavy atom. The third-order valence-electron chi connectivity index (χ3n) is 6.24. The fourth-order valence-corrected chi connectivity index (χ4v) is 4.21. The van der Waals surface area contributed by atoms with Crippen LogP contribution < -0.4 is 15.4 Å². The molecule has 11 heteroatoms. The molecule has 3 aromatic rings. The lowest BCUT2D eigenvalue weighted by Gasteiger charge is -2.25. The molecule has 1 fully saturated rings. The molecule has 2 heterocycles. The van der Waals surface area contributed by atoms with Crippen LogP contribution in [0.5, 0.6) is 11.5 Å². The fourth-order valence-electron chi connectivity index (χ4n) is 4.08. The third kappa shape index (κ3) is 8.99. The first-order valence-corrected chi connectivity index (χ1v) is 13.3. The third-order valence-corrected chi connectivity index (χ3v) is 6.49. The molecule has 10 nitrogen and oxygen atoms in total. The van der Waals surface area contributed by atoms with Gasteiger partial charge in [0.1, 0.15) is 22.8 Å². The lowest BCUT2D eigenvalue weighted by atomic mass is 10.1. The number of rotatable bonds is 12. The van der Waals surface area contributed by atoms with Crippen LogP contribution in [0.3, 0.4) is 0 Å². The van der Waals surface area contributed by atoms with Gasteiger partial charge in [0, 0.05) is 55.0 Å². The van der Waals surface area contributed by atoms with Gasteiger partial charge in [0.2, 0.25) is 0 Å². The maximum Gasteiger partial charge on any atom is 0.283 e. The summed E-state index contributed by atoms with van der Waals surface area (Å²) in [6, 6.07) is 17.7. The number of carbonyl (C=O) groups excluding carboxylic acids is 3. The van der Waals surface area contributed by atoms with Gasteiger partial charge in [0.15, 0.2) is 6.29 Å². The van der Waals surface area contributed by atoms with Gasteiger partial charge in [0.05, 0.1) is 6.67 Å². The van der Waals surface area contributed by atoms with Crippen LogP contribution in [-0.4, -0.2) is 60.6 Å². The molecule has 1 aliphatic heterocycles. The number of aromatic nitrogens is 1. The van der Waals surface area contributed by atoms with Gasteiger partial charge in [-0.15, -0.1) is 0 Å². The Morgan fingerprint density at radius 1 is 1.10 bits per heavy atom. The molecule has 2 N–H and O–H groups in total. The van der Waals surface area contributed by atoms with Crippen LogP contribution in [0.15, 0.2) is 83.6 Å². The summed E-state index contributed by atoms with van der Waals surface area (Å²) in [5.41, 5.74) is 1.86. The number of benzene rings is 2. The number of halogens is 1. The van der Waals surface area contributed by atoms with Gasteiger partial charge in [-0.3, -0.25) is 19.4 Å². The number of pyridine rings is 1. The zero-order valence-electron chi connectivity index (χ0n) is 22.3. The molecule has 212 valence electrons. The van der Waals surface area contributed by atoms with Crippen LogP contribution in [0.4, 0.5) is 5.69 Å². The fraction of sp³-hybridized carbons (Fsp3) is 0.233. The van der Waals surface area contributed by atoms with Crippen LogP contribution in [0, 0.1) is 0 Å². The second kappa shape index (κ2) is 14.7. The van der Waals surface area contributed by atoms with Crippen molar-refractivity contribution in [3.05, 3.63) is 94.9 Å². The van der Waals surface area contributed by atoms with E-state index in [4.69, 9.17) is 21.1 Å².